The highest BCUT2D eigenvalue weighted by Crippen LogP contribution is 2.39. The molecule has 3 heteroatoms. The van der Waals surface area contributed by atoms with E-state index in [1.807, 2.05) is 12.1 Å². The Labute approximate surface area is 113 Å². The van der Waals surface area contributed by atoms with Crippen molar-refractivity contribution in [3.05, 3.63) is 54.2 Å². The quantitative estimate of drug-likeness (QED) is 0.907. The van der Waals surface area contributed by atoms with Crippen LogP contribution < -0.4 is 10.1 Å². The first kappa shape index (κ1) is 12.0. The molecule has 0 amide bonds. The molecular formula is C16H18N2O. The molecule has 1 fully saturated rings. The van der Waals surface area contributed by atoms with E-state index < -0.39 is 0 Å². The fourth-order valence-corrected chi connectivity index (χ4v) is 2.62. The lowest BCUT2D eigenvalue weighted by Crippen LogP contribution is -2.34. The van der Waals surface area contributed by atoms with Gasteiger partial charge in [-0.2, -0.15) is 0 Å². The van der Waals surface area contributed by atoms with Crippen LogP contribution in [0.3, 0.4) is 0 Å². The highest BCUT2D eigenvalue weighted by Gasteiger charge is 2.30. The molecule has 19 heavy (non-hydrogen) atoms. The summed E-state index contributed by atoms with van der Waals surface area (Å²) in [7, 11) is 1.65. The summed E-state index contributed by atoms with van der Waals surface area (Å²) in [6.45, 7) is 0. The molecule has 1 aliphatic rings. The van der Waals surface area contributed by atoms with Crippen LogP contribution in [0.2, 0.25) is 0 Å². The van der Waals surface area contributed by atoms with E-state index in [1.54, 1.807) is 13.3 Å². The van der Waals surface area contributed by atoms with E-state index in [0.717, 1.165) is 5.69 Å². The maximum Gasteiger partial charge on any atom is 0.237 e. The second-order valence-corrected chi connectivity index (χ2v) is 4.98. The third kappa shape index (κ3) is 2.55. The zero-order chi connectivity index (χ0) is 13.1. The number of anilines is 1. The van der Waals surface area contributed by atoms with Crippen molar-refractivity contribution in [1.82, 2.24) is 4.98 Å². The van der Waals surface area contributed by atoms with Crippen molar-refractivity contribution >= 4 is 5.69 Å². The minimum Gasteiger partial charge on any atom is -0.480 e. The molecule has 0 unspecified atom stereocenters. The maximum atomic E-state index is 5.25. The molecule has 0 radical (unpaired) electrons. The molecule has 1 N–H and O–H groups in total. The van der Waals surface area contributed by atoms with Gasteiger partial charge in [0.2, 0.25) is 5.88 Å². The van der Waals surface area contributed by atoms with Crippen LogP contribution in [0.25, 0.3) is 0 Å². The molecule has 1 aliphatic carbocycles. The van der Waals surface area contributed by atoms with Gasteiger partial charge in [0.25, 0.3) is 0 Å². The van der Waals surface area contributed by atoms with Crippen molar-refractivity contribution in [3.63, 3.8) is 0 Å². The topological polar surface area (TPSA) is 34.1 Å². The van der Waals surface area contributed by atoms with Crippen LogP contribution in [0.4, 0.5) is 5.69 Å². The number of nitrogens with one attached hydrogen (secondary N) is 1. The first-order chi connectivity index (χ1) is 9.36. The fourth-order valence-electron chi connectivity index (χ4n) is 2.62. The summed E-state index contributed by atoms with van der Waals surface area (Å²) in [6, 6.07) is 15.2. The van der Waals surface area contributed by atoms with Gasteiger partial charge in [-0.15, -0.1) is 0 Å². The number of nitrogens with zero attached hydrogens (tertiary/aromatic N) is 1. The van der Waals surface area contributed by atoms with E-state index in [0.29, 0.717) is 17.8 Å². The van der Waals surface area contributed by atoms with Crippen molar-refractivity contribution in [2.75, 3.05) is 12.4 Å². The molecule has 3 nitrogen and oxygen atoms in total. The van der Waals surface area contributed by atoms with E-state index in [4.69, 9.17) is 4.74 Å². The van der Waals surface area contributed by atoms with E-state index >= 15 is 0 Å². The largest absolute Gasteiger partial charge is 0.480 e. The van der Waals surface area contributed by atoms with Gasteiger partial charge < -0.3 is 10.1 Å². The molecule has 0 atom stereocenters. The third-order valence-electron chi connectivity index (χ3n) is 3.73. The Hall–Kier alpha value is -2.03. The van der Waals surface area contributed by atoms with Gasteiger partial charge in [-0.25, -0.2) is 4.98 Å². The number of benzene rings is 1. The molecule has 1 heterocycles. The summed E-state index contributed by atoms with van der Waals surface area (Å²) in [4.78, 5) is 4.20. The van der Waals surface area contributed by atoms with Gasteiger partial charge in [0.1, 0.15) is 0 Å². The van der Waals surface area contributed by atoms with Crippen LogP contribution in [-0.2, 0) is 0 Å². The third-order valence-corrected chi connectivity index (χ3v) is 3.73. The highest BCUT2D eigenvalue weighted by atomic mass is 16.5. The first-order valence-corrected chi connectivity index (χ1v) is 6.67. The van der Waals surface area contributed by atoms with E-state index in [2.05, 4.69) is 40.6 Å². The van der Waals surface area contributed by atoms with Gasteiger partial charge in [0.05, 0.1) is 12.8 Å². The smallest absolute Gasteiger partial charge is 0.237 e. The predicted octanol–water partition coefficient (Wildman–Crippen LogP) is 3.45. The second kappa shape index (κ2) is 5.31. The molecule has 0 spiro atoms. The van der Waals surface area contributed by atoms with Crippen LogP contribution in [0.1, 0.15) is 24.3 Å². The highest BCUT2D eigenvalue weighted by molar-refractivity contribution is 5.53. The number of aromatic nitrogens is 1. The maximum absolute atomic E-state index is 5.25. The van der Waals surface area contributed by atoms with Crippen molar-refractivity contribution in [2.24, 2.45) is 0 Å². The SMILES string of the molecule is COc1ncccc1NC1CC(c2ccccc2)C1. The Balaban J connectivity index is 1.60. The molecule has 1 aromatic carbocycles. The minimum absolute atomic E-state index is 0.517. The van der Waals surface area contributed by atoms with Gasteiger partial charge in [0.15, 0.2) is 0 Å². The van der Waals surface area contributed by atoms with Gasteiger partial charge in [0, 0.05) is 12.2 Å². The van der Waals surface area contributed by atoms with Crippen LogP contribution in [0.5, 0.6) is 5.88 Å². The summed E-state index contributed by atoms with van der Waals surface area (Å²) in [6.07, 6.45) is 4.09. The van der Waals surface area contributed by atoms with Gasteiger partial charge >= 0.3 is 0 Å². The molecule has 0 saturated heterocycles. The normalized spacial score (nSPS) is 21.5. The summed E-state index contributed by atoms with van der Waals surface area (Å²) in [5.41, 5.74) is 2.43. The average molecular weight is 254 g/mol. The zero-order valence-corrected chi connectivity index (χ0v) is 11.0. The summed E-state index contributed by atoms with van der Waals surface area (Å²) < 4.78 is 5.25. The van der Waals surface area contributed by atoms with Crippen molar-refractivity contribution < 1.29 is 4.74 Å². The molecule has 98 valence electrons. The number of pyridine rings is 1. The fraction of sp³-hybridized carbons (Fsp3) is 0.312. The lowest BCUT2D eigenvalue weighted by Gasteiger charge is -2.37. The molecule has 3 rings (SSSR count). The molecule has 2 aromatic rings. The summed E-state index contributed by atoms with van der Waals surface area (Å²) in [5.74, 6) is 1.35. The van der Waals surface area contributed by atoms with Gasteiger partial charge in [-0.3, -0.25) is 0 Å². The first-order valence-electron chi connectivity index (χ1n) is 6.67. The number of rotatable bonds is 4. The number of ether oxygens (including phenoxy) is 1. The zero-order valence-electron chi connectivity index (χ0n) is 11.0. The Morgan fingerprint density at radius 3 is 2.63 bits per heavy atom. The van der Waals surface area contributed by atoms with Crippen LogP contribution in [0, 0.1) is 0 Å². The molecule has 0 bridgehead atoms. The lowest BCUT2D eigenvalue weighted by atomic mass is 9.76. The van der Waals surface area contributed by atoms with Gasteiger partial charge in [-0.1, -0.05) is 30.3 Å². The van der Waals surface area contributed by atoms with Crippen molar-refractivity contribution in [2.45, 2.75) is 24.8 Å². The molecular weight excluding hydrogens is 236 g/mol. The van der Waals surface area contributed by atoms with E-state index in [9.17, 15) is 0 Å². The molecule has 1 aromatic heterocycles. The van der Waals surface area contributed by atoms with Crippen molar-refractivity contribution in [3.8, 4) is 5.88 Å². The molecule has 0 aliphatic heterocycles. The van der Waals surface area contributed by atoms with Crippen LogP contribution in [-0.4, -0.2) is 18.1 Å². The average Bonchev–Trinajstić information content (AvgIpc) is 2.43. The van der Waals surface area contributed by atoms with Crippen LogP contribution >= 0.6 is 0 Å². The van der Waals surface area contributed by atoms with Crippen molar-refractivity contribution in [1.29, 1.82) is 0 Å². The standard InChI is InChI=1S/C16H18N2O/c1-19-16-15(8-5-9-17-16)18-14-10-13(11-14)12-6-3-2-4-7-12/h2-9,13-14,18H,10-11H2,1H3. The Bertz CT molecular complexity index is 535. The van der Waals surface area contributed by atoms with Gasteiger partial charge in [-0.05, 0) is 36.5 Å². The number of hydrogen-bond acceptors (Lipinski definition) is 3. The predicted molar refractivity (Wildman–Crippen MR) is 76.6 cm³/mol. The Morgan fingerprint density at radius 2 is 1.89 bits per heavy atom. The Morgan fingerprint density at radius 1 is 1.11 bits per heavy atom. The monoisotopic (exact) mass is 254 g/mol. The minimum atomic E-state index is 0.517. The summed E-state index contributed by atoms with van der Waals surface area (Å²) in [5, 5.41) is 3.51. The van der Waals surface area contributed by atoms with Crippen LogP contribution in [0.15, 0.2) is 48.7 Å². The number of hydrogen-bond donors (Lipinski definition) is 1. The number of methoxy groups -OCH3 is 1. The summed E-state index contributed by atoms with van der Waals surface area (Å²) >= 11 is 0. The molecule has 1 saturated carbocycles. The second-order valence-electron chi connectivity index (χ2n) is 4.98. The van der Waals surface area contributed by atoms with E-state index in [1.165, 1.54) is 18.4 Å². The van der Waals surface area contributed by atoms with E-state index in [-0.39, 0.29) is 0 Å². The Kier molecular flexibility index (Phi) is 3.36. The lowest BCUT2D eigenvalue weighted by molar-refractivity contribution is 0.367.